The molecule has 5 nitrogen and oxygen atoms in total. The van der Waals surface area contributed by atoms with E-state index in [4.69, 9.17) is 9.47 Å². The molecule has 2 aliphatic rings. The van der Waals surface area contributed by atoms with Gasteiger partial charge in [-0.05, 0) is 48.4 Å². The second-order valence-electron chi connectivity index (χ2n) is 6.86. The maximum atomic E-state index is 12.5. The lowest BCUT2D eigenvalue weighted by molar-refractivity contribution is -0.115. The summed E-state index contributed by atoms with van der Waals surface area (Å²) in [6.07, 6.45) is 9.33. The van der Waals surface area contributed by atoms with E-state index in [1.807, 2.05) is 17.5 Å². The number of allylic oxidation sites excluding steroid dienone is 4. The van der Waals surface area contributed by atoms with Crippen LogP contribution < -0.4 is 14.8 Å². The fourth-order valence-corrected chi connectivity index (χ4v) is 4.13. The molecule has 140 valence electrons. The third-order valence-corrected chi connectivity index (χ3v) is 5.75. The quantitative estimate of drug-likeness (QED) is 0.808. The molecule has 1 aromatic heterocycles. The summed E-state index contributed by atoms with van der Waals surface area (Å²) < 4.78 is 10.6. The average molecular weight is 382 g/mol. The number of rotatable bonds is 6. The predicted octanol–water partition coefficient (Wildman–Crippen LogP) is 4.32. The normalized spacial score (nSPS) is 20.3. The molecule has 1 amide bonds. The first kappa shape index (κ1) is 17.8. The average Bonchev–Trinajstić information content (AvgIpc) is 3.29. The number of aromatic nitrogens is 1. The van der Waals surface area contributed by atoms with Gasteiger partial charge in [-0.25, -0.2) is 4.98 Å². The van der Waals surface area contributed by atoms with Crippen LogP contribution in [0.15, 0.2) is 41.8 Å². The van der Waals surface area contributed by atoms with Crippen LogP contribution >= 0.6 is 11.3 Å². The summed E-state index contributed by atoms with van der Waals surface area (Å²) >= 11 is 1.45. The van der Waals surface area contributed by atoms with Crippen LogP contribution in [-0.2, 0) is 11.2 Å². The zero-order valence-electron chi connectivity index (χ0n) is 15.4. The van der Waals surface area contributed by atoms with Gasteiger partial charge in [0.05, 0.1) is 26.3 Å². The molecule has 0 saturated heterocycles. The molecule has 1 aromatic carbocycles. The Labute approximate surface area is 162 Å². The molecular weight excluding hydrogens is 360 g/mol. The number of ether oxygens (including phenoxy) is 2. The van der Waals surface area contributed by atoms with Crippen molar-refractivity contribution in [1.29, 1.82) is 0 Å². The number of amides is 1. The number of anilines is 1. The summed E-state index contributed by atoms with van der Waals surface area (Å²) in [4.78, 5) is 17.1. The second kappa shape index (κ2) is 7.56. The number of hydrogen-bond donors (Lipinski definition) is 1. The van der Waals surface area contributed by atoms with E-state index in [-0.39, 0.29) is 12.3 Å². The molecule has 1 saturated carbocycles. The van der Waals surface area contributed by atoms with Crippen LogP contribution in [0.25, 0.3) is 5.57 Å². The Morgan fingerprint density at radius 3 is 3.04 bits per heavy atom. The lowest BCUT2D eigenvalue weighted by atomic mass is 10.1. The Hall–Kier alpha value is -2.60. The number of nitrogens with one attached hydrogen (secondary N) is 1. The number of methoxy groups -OCH3 is 2. The fraction of sp³-hybridized carbons (Fsp3) is 0.333. The van der Waals surface area contributed by atoms with Crippen molar-refractivity contribution in [3.63, 3.8) is 0 Å². The summed E-state index contributed by atoms with van der Waals surface area (Å²) in [6, 6.07) is 5.43. The number of hydrogen-bond acceptors (Lipinski definition) is 5. The number of carbonyl (C=O) groups is 1. The van der Waals surface area contributed by atoms with E-state index >= 15 is 0 Å². The van der Waals surface area contributed by atoms with Gasteiger partial charge in [-0.1, -0.05) is 18.2 Å². The zero-order valence-corrected chi connectivity index (χ0v) is 16.2. The van der Waals surface area contributed by atoms with E-state index in [1.165, 1.54) is 17.8 Å². The Kier molecular flexibility index (Phi) is 4.99. The summed E-state index contributed by atoms with van der Waals surface area (Å²) in [6.45, 7) is 0. The minimum absolute atomic E-state index is 0.130. The van der Waals surface area contributed by atoms with Crippen molar-refractivity contribution in [1.82, 2.24) is 4.98 Å². The minimum atomic E-state index is -0.130. The Morgan fingerprint density at radius 2 is 2.22 bits per heavy atom. The number of thiazole rings is 1. The van der Waals surface area contributed by atoms with Crippen LogP contribution in [0.4, 0.5) is 5.13 Å². The Balaban J connectivity index is 1.44. The highest BCUT2D eigenvalue weighted by molar-refractivity contribution is 7.14. The SMILES string of the molecule is COc1ccc(OC)c(CC(=O)Nc2nc(C3=C[C@@H]4CC4CC=C3)cs2)c1. The third-order valence-electron chi connectivity index (χ3n) is 4.99. The Bertz CT molecular complexity index is 916. The Morgan fingerprint density at radius 1 is 1.33 bits per heavy atom. The molecule has 2 aliphatic carbocycles. The van der Waals surface area contributed by atoms with Crippen LogP contribution in [0, 0.1) is 11.8 Å². The van der Waals surface area contributed by atoms with Gasteiger partial charge in [-0.3, -0.25) is 4.79 Å². The van der Waals surface area contributed by atoms with Gasteiger partial charge in [-0.2, -0.15) is 0 Å². The highest BCUT2D eigenvalue weighted by Gasteiger charge is 2.35. The van der Waals surface area contributed by atoms with Crippen molar-refractivity contribution in [3.05, 3.63) is 53.1 Å². The largest absolute Gasteiger partial charge is 0.497 e. The molecule has 1 heterocycles. The van der Waals surface area contributed by atoms with Crippen LogP contribution in [0.1, 0.15) is 24.1 Å². The molecule has 0 spiro atoms. The highest BCUT2D eigenvalue weighted by atomic mass is 32.1. The van der Waals surface area contributed by atoms with E-state index in [0.29, 0.717) is 22.5 Å². The molecule has 2 aromatic rings. The van der Waals surface area contributed by atoms with Gasteiger partial charge in [0.2, 0.25) is 5.91 Å². The predicted molar refractivity (Wildman–Crippen MR) is 107 cm³/mol. The molecule has 1 N–H and O–H groups in total. The third kappa shape index (κ3) is 4.06. The molecule has 0 bridgehead atoms. The van der Waals surface area contributed by atoms with Crippen molar-refractivity contribution in [2.75, 3.05) is 19.5 Å². The summed E-state index contributed by atoms with van der Waals surface area (Å²) in [5.41, 5.74) is 2.87. The molecular formula is C21H22N2O3S. The first-order valence-corrected chi connectivity index (χ1v) is 9.89. The summed E-state index contributed by atoms with van der Waals surface area (Å²) in [7, 11) is 3.19. The topological polar surface area (TPSA) is 60.5 Å². The monoisotopic (exact) mass is 382 g/mol. The molecule has 27 heavy (non-hydrogen) atoms. The fourth-order valence-electron chi connectivity index (χ4n) is 3.39. The summed E-state index contributed by atoms with van der Waals surface area (Å²) in [5.74, 6) is 2.74. The summed E-state index contributed by atoms with van der Waals surface area (Å²) in [5, 5.41) is 5.51. The number of carbonyl (C=O) groups excluding carboxylic acids is 1. The van der Waals surface area contributed by atoms with Crippen LogP contribution in [0.3, 0.4) is 0 Å². The molecule has 6 heteroatoms. The van der Waals surface area contributed by atoms with Crippen molar-refractivity contribution in [2.45, 2.75) is 19.3 Å². The molecule has 0 radical (unpaired) electrons. The lowest BCUT2D eigenvalue weighted by Gasteiger charge is -2.10. The van der Waals surface area contributed by atoms with E-state index in [0.717, 1.165) is 29.2 Å². The van der Waals surface area contributed by atoms with Crippen molar-refractivity contribution in [2.24, 2.45) is 11.8 Å². The first-order valence-electron chi connectivity index (χ1n) is 9.01. The van der Waals surface area contributed by atoms with Crippen molar-refractivity contribution < 1.29 is 14.3 Å². The van der Waals surface area contributed by atoms with Gasteiger partial charge in [0, 0.05) is 10.9 Å². The van der Waals surface area contributed by atoms with Crippen LogP contribution in [-0.4, -0.2) is 25.1 Å². The van der Waals surface area contributed by atoms with Gasteiger partial charge in [0.25, 0.3) is 0 Å². The molecule has 0 aliphatic heterocycles. The zero-order chi connectivity index (χ0) is 18.8. The van der Waals surface area contributed by atoms with E-state index in [1.54, 1.807) is 20.3 Å². The molecule has 2 atom stereocenters. The van der Waals surface area contributed by atoms with Gasteiger partial charge >= 0.3 is 0 Å². The van der Waals surface area contributed by atoms with Gasteiger partial charge in [0.15, 0.2) is 5.13 Å². The molecule has 1 fully saturated rings. The maximum Gasteiger partial charge on any atom is 0.230 e. The van der Waals surface area contributed by atoms with Crippen molar-refractivity contribution in [3.8, 4) is 11.5 Å². The number of fused-ring (bicyclic) bond motifs is 1. The standard InChI is InChI=1S/C21H22N2O3S/c1-25-17-6-7-19(26-2)16(10-17)11-20(24)23-21-22-18(12-27-21)14-5-3-4-13-8-15(13)9-14/h3,5-7,9-10,12-13,15H,4,8,11H2,1-2H3,(H,22,23,24)/t13?,15-/m0/s1. The van der Waals surface area contributed by atoms with Crippen LogP contribution in [0.5, 0.6) is 11.5 Å². The van der Waals surface area contributed by atoms with Crippen LogP contribution in [0.2, 0.25) is 0 Å². The van der Waals surface area contributed by atoms with Gasteiger partial charge < -0.3 is 14.8 Å². The molecule has 1 unspecified atom stereocenters. The number of nitrogens with zero attached hydrogens (tertiary/aromatic N) is 1. The van der Waals surface area contributed by atoms with E-state index in [9.17, 15) is 4.79 Å². The lowest BCUT2D eigenvalue weighted by Crippen LogP contribution is -2.15. The van der Waals surface area contributed by atoms with Gasteiger partial charge in [0.1, 0.15) is 11.5 Å². The highest BCUT2D eigenvalue weighted by Crippen LogP contribution is 2.46. The smallest absolute Gasteiger partial charge is 0.230 e. The second-order valence-corrected chi connectivity index (χ2v) is 7.72. The number of benzene rings is 1. The maximum absolute atomic E-state index is 12.5. The van der Waals surface area contributed by atoms with Crippen molar-refractivity contribution >= 4 is 27.9 Å². The van der Waals surface area contributed by atoms with E-state index in [2.05, 4.69) is 28.5 Å². The van der Waals surface area contributed by atoms with Gasteiger partial charge in [-0.15, -0.1) is 11.3 Å². The minimum Gasteiger partial charge on any atom is -0.497 e. The van der Waals surface area contributed by atoms with E-state index < -0.39 is 0 Å². The molecule has 4 rings (SSSR count). The first-order chi connectivity index (χ1) is 13.2.